The molecule has 1 amide bonds. The molecule has 6 rings (SSSR count). The minimum Gasteiger partial charge on any atom is -0.478 e. The molecule has 2 atom stereocenters. The van der Waals surface area contributed by atoms with Gasteiger partial charge >= 0.3 is 5.97 Å². The number of carboxylic acid groups (broad SMARTS) is 1. The zero-order valence-corrected chi connectivity index (χ0v) is 22.0. The summed E-state index contributed by atoms with van der Waals surface area (Å²) in [4.78, 5) is 24.8. The monoisotopic (exact) mass is 536 g/mol. The van der Waals surface area contributed by atoms with E-state index in [9.17, 15) is 9.59 Å². The Morgan fingerprint density at radius 2 is 1.74 bits per heavy atom. The quantitative estimate of drug-likeness (QED) is 0.282. The van der Waals surface area contributed by atoms with E-state index in [0.717, 1.165) is 28.8 Å². The fraction of sp³-hybridized carbons (Fsp3) is 0.129. The van der Waals surface area contributed by atoms with Crippen molar-refractivity contribution in [2.45, 2.75) is 18.2 Å². The number of aromatic carboxylic acids is 1. The molecule has 4 aromatic rings. The van der Waals surface area contributed by atoms with E-state index in [0.29, 0.717) is 6.54 Å². The van der Waals surface area contributed by atoms with Gasteiger partial charge in [-0.25, -0.2) is 4.79 Å². The second kappa shape index (κ2) is 10.4. The summed E-state index contributed by atoms with van der Waals surface area (Å²) in [7, 11) is 0. The summed E-state index contributed by atoms with van der Waals surface area (Å²) in [5.41, 5.74) is 6.11. The molecule has 0 bridgehead atoms. The van der Waals surface area contributed by atoms with Gasteiger partial charge in [0, 0.05) is 28.7 Å². The SMILES string of the molecule is O=C(NCc1ccc(C(=O)O)cc1)C1=CC(c2ccsn2)=CC2SC=C(Cc3ccc4ccccc4c3)C12. The van der Waals surface area contributed by atoms with Crippen LogP contribution in [0, 0.1) is 5.92 Å². The van der Waals surface area contributed by atoms with E-state index in [1.54, 1.807) is 36.0 Å². The third-order valence-corrected chi connectivity index (χ3v) is 8.69. The first-order valence-electron chi connectivity index (χ1n) is 12.3. The number of carbonyl (C=O) groups excluding carboxylic acids is 1. The average Bonchev–Trinajstić information content (AvgIpc) is 3.62. The second-order valence-corrected chi connectivity index (χ2v) is 11.1. The largest absolute Gasteiger partial charge is 0.478 e. The van der Waals surface area contributed by atoms with Gasteiger partial charge in [-0.15, -0.1) is 11.8 Å². The van der Waals surface area contributed by atoms with Crippen LogP contribution in [0.15, 0.2) is 107 Å². The molecule has 0 radical (unpaired) electrons. The number of hydrogen-bond donors (Lipinski definition) is 2. The Balaban J connectivity index is 1.26. The van der Waals surface area contributed by atoms with Gasteiger partial charge in [0.25, 0.3) is 0 Å². The number of thioether (sulfide) groups is 1. The van der Waals surface area contributed by atoms with E-state index in [2.05, 4.69) is 57.6 Å². The number of nitrogens with zero attached hydrogens (tertiary/aromatic N) is 1. The Bertz CT molecular complexity index is 1620. The van der Waals surface area contributed by atoms with Gasteiger partial charge in [-0.1, -0.05) is 66.2 Å². The first-order valence-corrected chi connectivity index (χ1v) is 14.1. The van der Waals surface area contributed by atoms with Crippen molar-refractivity contribution in [3.05, 3.63) is 129 Å². The van der Waals surface area contributed by atoms with Gasteiger partial charge in [0.05, 0.1) is 11.3 Å². The highest BCUT2D eigenvalue weighted by atomic mass is 32.2. The van der Waals surface area contributed by atoms with Crippen LogP contribution in [-0.2, 0) is 17.8 Å². The van der Waals surface area contributed by atoms with Gasteiger partial charge in [0.2, 0.25) is 5.91 Å². The van der Waals surface area contributed by atoms with Crippen LogP contribution < -0.4 is 5.32 Å². The molecular weight excluding hydrogens is 512 g/mol. The summed E-state index contributed by atoms with van der Waals surface area (Å²) in [6, 6.07) is 23.5. The minimum atomic E-state index is -0.968. The molecule has 7 heteroatoms. The summed E-state index contributed by atoms with van der Waals surface area (Å²) in [6.07, 6.45) is 5.00. The van der Waals surface area contributed by atoms with Crippen molar-refractivity contribution in [2.24, 2.45) is 5.92 Å². The first kappa shape index (κ1) is 24.4. The lowest BCUT2D eigenvalue weighted by Gasteiger charge is -2.27. The van der Waals surface area contributed by atoms with Gasteiger partial charge in [0.15, 0.2) is 0 Å². The molecule has 0 saturated carbocycles. The Hall–Kier alpha value is -3.94. The van der Waals surface area contributed by atoms with Crippen LogP contribution in [0.3, 0.4) is 0 Å². The fourth-order valence-electron chi connectivity index (χ4n) is 5.04. The van der Waals surface area contributed by atoms with E-state index >= 15 is 0 Å². The number of hydrogen-bond acceptors (Lipinski definition) is 5. The zero-order chi connectivity index (χ0) is 26.1. The van der Waals surface area contributed by atoms with Crippen molar-refractivity contribution in [2.75, 3.05) is 0 Å². The number of amides is 1. The maximum Gasteiger partial charge on any atom is 0.335 e. The molecule has 2 heterocycles. The number of carboxylic acids is 1. The van der Waals surface area contributed by atoms with E-state index in [-0.39, 0.29) is 22.6 Å². The Labute approximate surface area is 228 Å². The highest BCUT2D eigenvalue weighted by Gasteiger charge is 2.38. The van der Waals surface area contributed by atoms with Crippen molar-refractivity contribution in [1.29, 1.82) is 0 Å². The van der Waals surface area contributed by atoms with Crippen LogP contribution in [0.1, 0.15) is 27.2 Å². The number of carbonyl (C=O) groups is 2. The Morgan fingerprint density at radius 3 is 2.50 bits per heavy atom. The number of fused-ring (bicyclic) bond motifs is 2. The molecule has 1 aliphatic carbocycles. The van der Waals surface area contributed by atoms with Crippen molar-refractivity contribution < 1.29 is 14.7 Å². The second-order valence-electron chi connectivity index (χ2n) is 9.42. The summed E-state index contributed by atoms with van der Waals surface area (Å²) in [6.45, 7) is 0.320. The van der Waals surface area contributed by atoms with E-state index in [4.69, 9.17) is 5.11 Å². The Kier molecular flexibility index (Phi) is 6.70. The van der Waals surface area contributed by atoms with Gasteiger partial charge in [-0.05, 0) is 75.1 Å². The summed E-state index contributed by atoms with van der Waals surface area (Å²) in [5.74, 6) is -1.11. The van der Waals surface area contributed by atoms with Crippen molar-refractivity contribution in [3.8, 4) is 0 Å². The van der Waals surface area contributed by atoms with Gasteiger partial charge in [-0.3, -0.25) is 4.79 Å². The average molecular weight is 537 g/mol. The van der Waals surface area contributed by atoms with Crippen LogP contribution in [0.5, 0.6) is 0 Å². The molecule has 0 spiro atoms. The first-order chi connectivity index (χ1) is 18.5. The predicted molar refractivity (Wildman–Crippen MR) is 154 cm³/mol. The van der Waals surface area contributed by atoms with Gasteiger partial charge in [-0.2, -0.15) is 4.37 Å². The maximum absolute atomic E-state index is 13.6. The van der Waals surface area contributed by atoms with Crippen LogP contribution in [-0.4, -0.2) is 26.6 Å². The molecule has 0 saturated heterocycles. The smallest absolute Gasteiger partial charge is 0.335 e. The number of nitrogens with one attached hydrogen (secondary N) is 1. The predicted octanol–water partition coefficient (Wildman–Crippen LogP) is 6.49. The number of benzene rings is 3. The highest BCUT2D eigenvalue weighted by molar-refractivity contribution is 8.03. The number of rotatable bonds is 7. The molecular formula is C31H24N2O3S2. The molecule has 2 N–H and O–H groups in total. The van der Waals surface area contributed by atoms with Gasteiger partial charge in [0.1, 0.15) is 0 Å². The van der Waals surface area contributed by atoms with Crippen LogP contribution in [0.25, 0.3) is 16.3 Å². The molecule has 38 heavy (non-hydrogen) atoms. The zero-order valence-electron chi connectivity index (χ0n) is 20.3. The molecule has 1 aliphatic heterocycles. The number of allylic oxidation sites excluding steroid dienone is 3. The lowest BCUT2D eigenvalue weighted by Crippen LogP contribution is -2.32. The number of aromatic nitrogens is 1. The van der Waals surface area contributed by atoms with E-state index in [1.807, 2.05) is 23.6 Å². The summed E-state index contributed by atoms with van der Waals surface area (Å²) in [5, 5.41) is 18.9. The standard InChI is InChI=1S/C31H24N2O3S2/c34-30(32-17-19-5-9-22(10-6-19)31(35)36)26-15-24(27-11-12-38-33-27)16-28-29(26)25(18-37-28)14-20-7-8-21-3-1-2-4-23(21)13-20/h1-13,15-16,18,28-29H,14,17H2,(H,32,34)(H,35,36). The van der Waals surface area contributed by atoms with Gasteiger partial charge < -0.3 is 10.4 Å². The summed E-state index contributed by atoms with van der Waals surface area (Å²) < 4.78 is 4.50. The molecule has 2 aliphatic rings. The molecule has 1 aromatic heterocycles. The van der Waals surface area contributed by atoms with E-state index in [1.165, 1.54) is 33.4 Å². The van der Waals surface area contributed by atoms with Crippen molar-refractivity contribution in [1.82, 2.24) is 9.69 Å². The normalized spacial score (nSPS) is 18.4. The highest BCUT2D eigenvalue weighted by Crippen LogP contribution is 2.46. The Morgan fingerprint density at radius 1 is 0.947 bits per heavy atom. The third-order valence-electron chi connectivity index (χ3n) is 6.97. The van der Waals surface area contributed by atoms with Crippen LogP contribution in [0.2, 0.25) is 0 Å². The van der Waals surface area contributed by atoms with E-state index < -0.39 is 5.97 Å². The minimum absolute atomic E-state index is 0.0248. The lowest BCUT2D eigenvalue weighted by atomic mass is 9.80. The fourth-order valence-corrected chi connectivity index (χ4v) is 6.83. The maximum atomic E-state index is 13.6. The topological polar surface area (TPSA) is 79.3 Å². The van der Waals surface area contributed by atoms with Crippen LogP contribution in [0.4, 0.5) is 0 Å². The lowest BCUT2D eigenvalue weighted by molar-refractivity contribution is -0.118. The molecule has 0 fully saturated rings. The molecule has 5 nitrogen and oxygen atoms in total. The van der Waals surface area contributed by atoms with Crippen molar-refractivity contribution >= 4 is 51.5 Å². The van der Waals surface area contributed by atoms with Crippen molar-refractivity contribution in [3.63, 3.8) is 0 Å². The molecule has 188 valence electrons. The molecule has 3 aromatic carbocycles. The molecule has 2 unspecified atom stereocenters. The van der Waals surface area contributed by atoms with Crippen LogP contribution >= 0.6 is 23.3 Å². The third kappa shape index (κ3) is 4.95. The summed E-state index contributed by atoms with van der Waals surface area (Å²) >= 11 is 3.16.